The number of aliphatic hydroxyl groups is 1. The SMILES string of the molecule is CCC(CC)n1ccc(CC(C)(O)CNC2CC2)n1. The molecule has 1 aliphatic carbocycles. The molecule has 1 heterocycles. The number of hydrogen-bond acceptors (Lipinski definition) is 3. The van der Waals surface area contributed by atoms with Gasteiger partial charge in [0, 0.05) is 25.2 Å². The van der Waals surface area contributed by atoms with E-state index < -0.39 is 5.60 Å². The second-order valence-electron chi connectivity index (χ2n) is 6.09. The molecule has 1 aromatic rings. The van der Waals surface area contributed by atoms with Gasteiger partial charge in [0.2, 0.25) is 0 Å². The minimum Gasteiger partial charge on any atom is -0.388 e. The molecule has 2 rings (SSSR count). The van der Waals surface area contributed by atoms with E-state index in [0.717, 1.165) is 18.5 Å². The van der Waals surface area contributed by atoms with Gasteiger partial charge < -0.3 is 10.4 Å². The summed E-state index contributed by atoms with van der Waals surface area (Å²) in [5, 5.41) is 18.4. The van der Waals surface area contributed by atoms with E-state index in [4.69, 9.17) is 0 Å². The summed E-state index contributed by atoms with van der Waals surface area (Å²) in [7, 11) is 0. The summed E-state index contributed by atoms with van der Waals surface area (Å²) < 4.78 is 2.04. The molecule has 108 valence electrons. The summed E-state index contributed by atoms with van der Waals surface area (Å²) in [6, 6.07) is 3.14. The normalized spacial score (nSPS) is 18.8. The van der Waals surface area contributed by atoms with Gasteiger partial charge >= 0.3 is 0 Å². The fraction of sp³-hybridized carbons (Fsp3) is 0.800. The summed E-state index contributed by atoms with van der Waals surface area (Å²) in [6.45, 7) is 6.91. The second-order valence-corrected chi connectivity index (χ2v) is 6.09. The van der Waals surface area contributed by atoms with Crippen LogP contribution in [0.5, 0.6) is 0 Å². The molecule has 4 heteroatoms. The molecule has 1 aromatic heterocycles. The van der Waals surface area contributed by atoms with Gasteiger partial charge in [-0.05, 0) is 38.7 Å². The maximum atomic E-state index is 10.4. The molecule has 0 aromatic carbocycles. The lowest BCUT2D eigenvalue weighted by molar-refractivity contribution is 0.0585. The fourth-order valence-corrected chi connectivity index (χ4v) is 2.44. The Kier molecular flexibility index (Phi) is 4.63. The average molecular weight is 265 g/mol. The standard InChI is InChI=1S/C15H27N3O/c1-4-14(5-2)18-9-8-13(17-18)10-15(3,19)11-16-12-6-7-12/h8-9,12,14,16,19H,4-7,10-11H2,1-3H3. The Morgan fingerprint density at radius 2 is 2.16 bits per heavy atom. The van der Waals surface area contributed by atoms with E-state index in [1.165, 1.54) is 12.8 Å². The number of nitrogens with zero attached hydrogens (tertiary/aromatic N) is 2. The van der Waals surface area contributed by atoms with Gasteiger partial charge in [-0.25, -0.2) is 0 Å². The lowest BCUT2D eigenvalue weighted by atomic mass is 10.0. The Hall–Kier alpha value is -0.870. The maximum Gasteiger partial charge on any atom is 0.0799 e. The molecule has 1 aliphatic rings. The van der Waals surface area contributed by atoms with Gasteiger partial charge in [-0.1, -0.05) is 13.8 Å². The van der Waals surface area contributed by atoms with Crippen LogP contribution in [0.15, 0.2) is 12.3 Å². The van der Waals surface area contributed by atoms with Crippen LogP contribution in [0.3, 0.4) is 0 Å². The molecule has 0 amide bonds. The Morgan fingerprint density at radius 1 is 1.47 bits per heavy atom. The van der Waals surface area contributed by atoms with Crippen LogP contribution < -0.4 is 5.32 Å². The highest BCUT2D eigenvalue weighted by atomic mass is 16.3. The Bertz CT molecular complexity index is 392. The lowest BCUT2D eigenvalue weighted by Gasteiger charge is -2.23. The molecule has 4 nitrogen and oxygen atoms in total. The number of rotatable bonds is 8. The van der Waals surface area contributed by atoms with Crippen molar-refractivity contribution in [2.75, 3.05) is 6.54 Å². The Balaban J connectivity index is 1.90. The van der Waals surface area contributed by atoms with Crippen LogP contribution in [0, 0.1) is 0 Å². The molecule has 19 heavy (non-hydrogen) atoms. The maximum absolute atomic E-state index is 10.4. The van der Waals surface area contributed by atoms with E-state index in [1.54, 1.807) is 0 Å². The van der Waals surface area contributed by atoms with Gasteiger partial charge in [0.1, 0.15) is 0 Å². The third-order valence-electron chi connectivity index (χ3n) is 3.89. The number of nitrogens with one attached hydrogen (secondary N) is 1. The number of hydrogen-bond donors (Lipinski definition) is 2. The quantitative estimate of drug-likeness (QED) is 0.758. The minimum absolute atomic E-state index is 0.475. The van der Waals surface area contributed by atoms with Crippen molar-refractivity contribution in [3.63, 3.8) is 0 Å². The van der Waals surface area contributed by atoms with Gasteiger partial charge in [-0.2, -0.15) is 5.10 Å². The summed E-state index contributed by atoms with van der Waals surface area (Å²) in [6.07, 6.45) is 7.34. The van der Waals surface area contributed by atoms with Crippen molar-refractivity contribution in [1.29, 1.82) is 0 Å². The fourth-order valence-electron chi connectivity index (χ4n) is 2.44. The van der Waals surface area contributed by atoms with E-state index >= 15 is 0 Å². The van der Waals surface area contributed by atoms with Crippen molar-refractivity contribution in [2.24, 2.45) is 0 Å². The van der Waals surface area contributed by atoms with Gasteiger partial charge in [-0.15, -0.1) is 0 Å². The molecule has 1 atom stereocenters. The first-order valence-corrected chi connectivity index (χ1v) is 7.54. The summed E-state index contributed by atoms with van der Waals surface area (Å²) in [4.78, 5) is 0. The Morgan fingerprint density at radius 3 is 2.74 bits per heavy atom. The lowest BCUT2D eigenvalue weighted by Crippen LogP contribution is -2.40. The first-order chi connectivity index (χ1) is 9.04. The summed E-state index contributed by atoms with van der Waals surface area (Å²) >= 11 is 0. The molecule has 0 saturated heterocycles. The predicted octanol–water partition coefficient (Wildman–Crippen LogP) is 2.29. The van der Waals surface area contributed by atoms with Crippen LogP contribution >= 0.6 is 0 Å². The van der Waals surface area contributed by atoms with E-state index in [-0.39, 0.29) is 0 Å². The summed E-state index contributed by atoms with van der Waals surface area (Å²) in [5.41, 5.74) is 0.268. The van der Waals surface area contributed by atoms with Crippen molar-refractivity contribution < 1.29 is 5.11 Å². The second kappa shape index (κ2) is 6.06. The Labute approximate surface area is 116 Å². The molecule has 1 fully saturated rings. The molecule has 0 bridgehead atoms. The van der Waals surface area contributed by atoms with Crippen molar-refractivity contribution in [3.05, 3.63) is 18.0 Å². The summed E-state index contributed by atoms with van der Waals surface area (Å²) in [5.74, 6) is 0. The highest BCUT2D eigenvalue weighted by Crippen LogP contribution is 2.21. The largest absolute Gasteiger partial charge is 0.388 e. The average Bonchev–Trinajstić information content (AvgIpc) is 3.10. The van der Waals surface area contributed by atoms with E-state index in [2.05, 4.69) is 24.3 Å². The van der Waals surface area contributed by atoms with Crippen LogP contribution in [0.4, 0.5) is 0 Å². The first-order valence-electron chi connectivity index (χ1n) is 7.54. The molecule has 0 spiro atoms. The molecule has 2 N–H and O–H groups in total. The van der Waals surface area contributed by atoms with Gasteiger partial charge in [0.15, 0.2) is 0 Å². The zero-order valence-corrected chi connectivity index (χ0v) is 12.4. The third-order valence-corrected chi connectivity index (χ3v) is 3.89. The van der Waals surface area contributed by atoms with Crippen molar-refractivity contribution in [1.82, 2.24) is 15.1 Å². The van der Waals surface area contributed by atoms with Gasteiger partial charge in [-0.3, -0.25) is 4.68 Å². The predicted molar refractivity (Wildman–Crippen MR) is 77.2 cm³/mol. The van der Waals surface area contributed by atoms with Crippen molar-refractivity contribution in [3.8, 4) is 0 Å². The van der Waals surface area contributed by atoms with E-state index in [0.29, 0.717) is 25.0 Å². The highest BCUT2D eigenvalue weighted by Gasteiger charge is 2.27. The molecular formula is C15H27N3O. The van der Waals surface area contributed by atoms with E-state index in [1.807, 2.05) is 23.9 Å². The van der Waals surface area contributed by atoms with Crippen LogP contribution in [0.25, 0.3) is 0 Å². The highest BCUT2D eigenvalue weighted by molar-refractivity contribution is 5.04. The third kappa shape index (κ3) is 4.32. The topological polar surface area (TPSA) is 50.1 Å². The number of aromatic nitrogens is 2. The molecule has 1 saturated carbocycles. The monoisotopic (exact) mass is 265 g/mol. The molecule has 0 aliphatic heterocycles. The van der Waals surface area contributed by atoms with Crippen LogP contribution in [-0.4, -0.2) is 33.1 Å². The van der Waals surface area contributed by atoms with E-state index in [9.17, 15) is 5.11 Å². The smallest absolute Gasteiger partial charge is 0.0799 e. The zero-order chi connectivity index (χ0) is 13.9. The molecule has 0 radical (unpaired) electrons. The first kappa shape index (κ1) is 14.5. The van der Waals surface area contributed by atoms with Crippen LogP contribution in [-0.2, 0) is 6.42 Å². The zero-order valence-electron chi connectivity index (χ0n) is 12.4. The minimum atomic E-state index is -0.713. The van der Waals surface area contributed by atoms with Crippen molar-refractivity contribution >= 4 is 0 Å². The van der Waals surface area contributed by atoms with Crippen LogP contribution in [0.2, 0.25) is 0 Å². The molecular weight excluding hydrogens is 238 g/mol. The molecule has 1 unspecified atom stereocenters. The van der Waals surface area contributed by atoms with Gasteiger partial charge in [0.25, 0.3) is 0 Å². The van der Waals surface area contributed by atoms with Gasteiger partial charge in [0.05, 0.1) is 17.3 Å². The van der Waals surface area contributed by atoms with Crippen LogP contribution in [0.1, 0.15) is 58.2 Å². The van der Waals surface area contributed by atoms with Crippen molar-refractivity contribution in [2.45, 2.75) is 70.6 Å².